The number of imide groups is 1. The summed E-state index contributed by atoms with van der Waals surface area (Å²) in [6.07, 6.45) is 2.93. The highest BCUT2D eigenvalue weighted by Gasteiger charge is 2.52. The fourth-order valence-electron chi connectivity index (χ4n) is 4.40. The molecular formula is C21H26N4O5. The Labute approximate surface area is 174 Å². The Hall–Kier alpha value is -3.10. The van der Waals surface area contributed by atoms with Crippen LogP contribution in [-0.4, -0.2) is 78.5 Å². The van der Waals surface area contributed by atoms with Gasteiger partial charge >= 0.3 is 12.0 Å². The summed E-state index contributed by atoms with van der Waals surface area (Å²) in [6.45, 7) is 1.63. The van der Waals surface area contributed by atoms with E-state index in [2.05, 4.69) is 10.2 Å². The van der Waals surface area contributed by atoms with Gasteiger partial charge in [-0.3, -0.25) is 19.3 Å². The smallest absolute Gasteiger partial charge is 0.326 e. The first kappa shape index (κ1) is 20.2. The van der Waals surface area contributed by atoms with Crippen molar-refractivity contribution < 1.29 is 23.9 Å². The number of carbonyl (C=O) groups is 4. The average molecular weight is 414 g/mol. The standard InChI is InChI=1S/C21H26N4O5/c26-17(24-12-10-23(11-13-24)16-6-2-1-3-7-16)15-30-18(27)14-25-19(28)21(22-20(25)29)8-4-5-9-21/h1-3,6-7H,4-5,8-15H2,(H,22,29). The Bertz CT molecular complexity index is 829. The van der Waals surface area contributed by atoms with Crippen molar-refractivity contribution in [3.05, 3.63) is 30.3 Å². The average Bonchev–Trinajstić information content (AvgIpc) is 3.33. The van der Waals surface area contributed by atoms with E-state index < -0.39 is 24.1 Å². The number of amides is 4. The molecular weight excluding hydrogens is 388 g/mol. The van der Waals surface area contributed by atoms with Crippen molar-refractivity contribution in [2.45, 2.75) is 31.2 Å². The van der Waals surface area contributed by atoms with Crippen LogP contribution in [0.3, 0.4) is 0 Å². The Balaban J connectivity index is 1.22. The van der Waals surface area contributed by atoms with E-state index >= 15 is 0 Å². The van der Waals surface area contributed by atoms with E-state index in [0.717, 1.165) is 23.4 Å². The number of rotatable bonds is 5. The largest absolute Gasteiger partial charge is 0.454 e. The summed E-state index contributed by atoms with van der Waals surface area (Å²) < 4.78 is 5.06. The second-order valence-electron chi connectivity index (χ2n) is 7.97. The Kier molecular flexibility index (Phi) is 5.61. The predicted molar refractivity (Wildman–Crippen MR) is 108 cm³/mol. The van der Waals surface area contributed by atoms with Crippen LogP contribution >= 0.6 is 0 Å². The zero-order valence-electron chi connectivity index (χ0n) is 16.8. The summed E-state index contributed by atoms with van der Waals surface area (Å²) >= 11 is 0. The molecule has 1 aliphatic carbocycles. The molecule has 2 aliphatic heterocycles. The molecule has 1 saturated carbocycles. The maximum Gasteiger partial charge on any atom is 0.326 e. The maximum atomic E-state index is 12.6. The first-order valence-electron chi connectivity index (χ1n) is 10.4. The normalized spacial score (nSPS) is 20.6. The van der Waals surface area contributed by atoms with Crippen molar-refractivity contribution in [1.82, 2.24) is 15.1 Å². The summed E-state index contributed by atoms with van der Waals surface area (Å²) in [5.74, 6) is -1.41. The van der Waals surface area contributed by atoms with E-state index in [0.29, 0.717) is 39.0 Å². The SMILES string of the molecule is O=C(CN1C(=O)NC2(CCCC2)C1=O)OCC(=O)N1CCN(c2ccccc2)CC1. The van der Waals surface area contributed by atoms with Gasteiger partial charge in [-0.05, 0) is 25.0 Å². The topological polar surface area (TPSA) is 99.3 Å². The maximum absolute atomic E-state index is 12.6. The number of ether oxygens (including phenoxy) is 1. The molecule has 4 amide bonds. The second-order valence-corrected chi connectivity index (χ2v) is 7.97. The molecule has 4 rings (SSSR count). The number of para-hydroxylation sites is 1. The van der Waals surface area contributed by atoms with Crippen molar-refractivity contribution in [2.24, 2.45) is 0 Å². The number of hydrogen-bond donors (Lipinski definition) is 1. The molecule has 3 aliphatic rings. The molecule has 2 saturated heterocycles. The van der Waals surface area contributed by atoms with Crippen LogP contribution in [0.5, 0.6) is 0 Å². The highest BCUT2D eigenvalue weighted by atomic mass is 16.5. The molecule has 0 radical (unpaired) electrons. The van der Waals surface area contributed by atoms with Gasteiger partial charge in [0.25, 0.3) is 11.8 Å². The van der Waals surface area contributed by atoms with Gasteiger partial charge in [0.1, 0.15) is 12.1 Å². The van der Waals surface area contributed by atoms with Gasteiger partial charge in [0.15, 0.2) is 6.61 Å². The Morgan fingerprint density at radius 2 is 1.67 bits per heavy atom. The molecule has 0 atom stereocenters. The summed E-state index contributed by atoms with van der Waals surface area (Å²) in [4.78, 5) is 54.0. The van der Waals surface area contributed by atoms with Crippen LogP contribution in [-0.2, 0) is 19.1 Å². The van der Waals surface area contributed by atoms with E-state index in [1.165, 1.54) is 0 Å². The number of hydrogen-bond acceptors (Lipinski definition) is 6. The summed E-state index contributed by atoms with van der Waals surface area (Å²) in [6, 6.07) is 9.42. The fourth-order valence-corrected chi connectivity index (χ4v) is 4.40. The zero-order chi connectivity index (χ0) is 21.1. The number of carbonyl (C=O) groups excluding carboxylic acids is 4. The van der Waals surface area contributed by atoms with Crippen LogP contribution in [0.1, 0.15) is 25.7 Å². The second kappa shape index (κ2) is 8.33. The molecule has 1 aromatic rings. The monoisotopic (exact) mass is 414 g/mol. The zero-order valence-corrected chi connectivity index (χ0v) is 16.8. The quantitative estimate of drug-likeness (QED) is 0.564. The molecule has 0 unspecified atom stereocenters. The van der Waals surface area contributed by atoms with Crippen molar-refractivity contribution in [2.75, 3.05) is 44.2 Å². The van der Waals surface area contributed by atoms with Crippen LogP contribution in [0.4, 0.5) is 10.5 Å². The van der Waals surface area contributed by atoms with Crippen LogP contribution in [0, 0.1) is 0 Å². The number of nitrogens with one attached hydrogen (secondary N) is 1. The third-order valence-corrected chi connectivity index (χ3v) is 6.10. The number of urea groups is 1. The van der Waals surface area contributed by atoms with E-state index in [1.54, 1.807) is 4.90 Å². The summed E-state index contributed by atoms with van der Waals surface area (Å²) in [5.41, 5.74) is 0.260. The van der Waals surface area contributed by atoms with Crippen molar-refractivity contribution in [3.63, 3.8) is 0 Å². The molecule has 1 spiro atoms. The van der Waals surface area contributed by atoms with Crippen LogP contribution in [0.2, 0.25) is 0 Å². The minimum absolute atomic E-state index is 0.277. The van der Waals surface area contributed by atoms with Crippen molar-refractivity contribution >= 4 is 29.5 Å². The molecule has 1 aromatic carbocycles. The highest BCUT2D eigenvalue weighted by molar-refractivity contribution is 6.08. The van der Waals surface area contributed by atoms with E-state index in [-0.39, 0.29) is 18.4 Å². The highest BCUT2D eigenvalue weighted by Crippen LogP contribution is 2.34. The third kappa shape index (κ3) is 3.96. The van der Waals surface area contributed by atoms with Gasteiger partial charge in [-0.15, -0.1) is 0 Å². The van der Waals surface area contributed by atoms with Crippen LogP contribution in [0.15, 0.2) is 30.3 Å². The predicted octanol–water partition coefficient (Wildman–Crippen LogP) is 0.743. The molecule has 1 N–H and O–H groups in total. The molecule has 9 nitrogen and oxygen atoms in total. The number of piperazine rings is 1. The number of benzene rings is 1. The minimum Gasteiger partial charge on any atom is -0.454 e. The first-order valence-corrected chi connectivity index (χ1v) is 10.4. The van der Waals surface area contributed by atoms with E-state index in [4.69, 9.17) is 4.74 Å². The third-order valence-electron chi connectivity index (χ3n) is 6.10. The lowest BCUT2D eigenvalue weighted by Crippen LogP contribution is -2.50. The summed E-state index contributed by atoms with van der Waals surface area (Å²) in [7, 11) is 0. The lowest BCUT2D eigenvalue weighted by atomic mass is 9.98. The summed E-state index contributed by atoms with van der Waals surface area (Å²) in [5, 5.41) is 2.72. The number of nitrogens with zero attached hydrogens (tertiary/aromatic N) is 3. The van der Waals surface area contributed by atoms with Gasteiger partial charge in [0.05, 0.1) is 0 Å². The lowest BCUT2D eigenvalue weighted by molar-refractivity contribution is -0.154. The van der Waals surface area contributed by atoms with Gasteiger partial charge in [-0.1, -0.05) is 31.0 Å². The molecule has 0 bridgehead atoms. The minimum atomic E-state index is -0.856. The Morgan fingerprint density at radius 1 is 1.00 bits per heavy atom. The molecule has 3 fully saturated rings. The number of anilines is 1. The van der Waals surface area contributed by atoms with Crippen LogP contribution in [0.25, 0.3) is 0 Å². The first-order chi connectivity index (χ1) is 14.5. The van der Waals surface area contributed by atoms with E-state index in [1.807, 2.05) is 30.3 Å². The van der Waals surface area contributed by atoms with Crippen molar-refractivity contribution in [1.29, 1.82) is 0 Å². The van der Waals surface area contributed by atoms with Crippen LogP contribution < -0.4 is 10.2 Å². The van der Waals surface area contributed by atoms with Gasteiger partial charge in [0.2, 0.25) is 0 Å². The fraction of sp³-hybridized carbons (Fsp3) is 0.524. The molecule has 30 heavy (non-hydrogen) atoms. The number of esters is 1. The van der Waals surface area contributed by atoms with Crippen molar-refractivity contribution in [3.8, 4) is 0 Å². The van der Waals surface area contributed by atoms with Gasteiger partial charge in [-0.25, -0.2) is 4.79 Å². The molecule has 160 valence electrons. The van der Waals surface area contributed by atoms with Gasteiger partial charge in [-0.2, -0.15) is 0 Å². The van der Waals surface area contributed by atoms with Gasteiger partial charge in [0, 0.05) is 31.9 Å². The van der Waals surface area contributed by atoms with Gasteiger partial charge < -0.3 is 19.9 Å². The molecule has 9 heteroatoms. The Morgan fingerprint density at radius 3 is 2.33 bits per heavy atom. The van der Waals surface area contributed by atoms with E-state index in [9.17, 15) is 19.2 Å². The molecule has 0 aromatic heterocycles. The lowest BCUT2D eigenvalue weighted by Gasteiger charge is -2.36. The molecule has 2 heterocycles.